The minimum atomic E-state index is -0.234. The highest BCUT2D eigenvalue weighted by Gasteiger charge is 2.35. The molecule has 5 rings (SSSR count). The minimum absolute atomic E-state index is 0.110. The highest BCUT2D eigenvalue weighted by molar-refractivity contribution is 7.14. The van der Waals surface area contributed by atoms with Crippen LogP contribution < -0.4 is 10.5 Å². The van der Waals surface area contributed by atoms with E-state index in [0.717, 1.165) is 48.1 Å². The fraction of sp³-hybridized carbons (Fsp3) is 0.300. The summed E-state index contributed by atoms with van der Waals surface area (Å²) in [6.45, 7) is 2.60. The fourth-order valence-electron chi connectivity index (χ4n) is 4.22. The quantitative estimate of drug-likeness (QED) is 0.693. The van der Waals surface area contributed by atoms with Crippen molar-refractivity contribution in [2.75, 3.05) is 18.0 Å². The maximum atomic E-state index is 13.1. The molecule has 4 nitrogen and oxygen atoms in total. The van der Waals surface area contributed by atoms with Crippen molar-refractivity contribution < 1.29 is 4.39 Å². The van der Waals surface area contributed by atoms with Crippen LogP contribution in [-0.2, 0) is 6.54 Å². The summed E-state index contributed by atoms with van der Waals surface area (Å²) in [6.07, 6.45) is 1.14. The summed E-state index contributed by atoms with van der Waals surface area (Å²) < 4.78 is 15.1. The molecule has 6 heteroatoms. The number of halogens is 1. The Morgan fingerprint density at radius 3 is 2.77 bits per heavy atom. The van der Waals surface area contributed by atoms with Gasteiger partial charge in [0, 0.05) is 48.3 Å². The molecule has 1 saturated heterocycles. The minimum Gasteiger partial charge on any atom is -0.347 e. The standard InChI is InChI=1S/C20H18FN3OS/c21-16-6-4-14(5-7-16)17-12-26-20(22-17)23-9-13-8-15(11-23)18-2-1-3-19(25)24(18)10-13/h1-7,12-13,15H,8-11H2. The van der Waals surface area contributed by atoms with Crippen molar-refractivity contribution in [3.8, 4) is 11.3 Å². The van der Waals surface area contributed by atoms with Crippen molar-refractivity contribution in [2.24, 2.45) is 5.92 Å². The molecule has 0 saturated carbocycles. The maximum absolute atomic E-state index is 13.1. The fourth-order valence-corrected chi connectivity index (χ4v) is 5.07. The summed E-state index contributed by atoms with van der Waals surface area (Å²) in [6, 6.07) is 12.1. The van der Waals surface area contributed by atoms with Gasteiger partial charge < -0.3 is 9.47 Å². The van der Waals surface area contributed by atoms with Gasteiger partial charge >= 0.3 is 0 Å². The molecule has 2 aromatic heterocycles. The molecule has 1 fully saturated rings. The van der Waals surface area contributed by atoms with Crippen LogP contribution in [0.15, 0.2) is 52.6 Å². The van der Waals surface area contributed by atoms with E-state index in [1.807, 2.05) is 16.0 Å². The SMILES string of the molecule is O=c1cccc2n1CC1CC2CN(c2nc(-c3ccc(F)cc3)cs2)C1. The van der Waals surface area contributed by atoms with Gasteiger partial charge in [0.25, 0.3) is 5.56 Å². The molecule has 0 N–H and O–H groups in total. The smallest absolute Gasteiger partial charge is 0.250 e. The first kappa shape index (κ1) is 15.8. The Morgan fingerprint density at radius 1 is 1.08 bits per heavy atom. The van der Waals surface area contributed by atoms with Gasteiger partial charge in [0.15, 0.2) is 5.13 Å². The number of hydrogen-bond acceptors (Lipinski definition) is 4. The molecule has 0 radical (unpaired) electrons. The molecular weight excluding hydrogens is 349 g/mol. The number of fused-ring (bicyclic) bond motifs is 4. The van der Waals surface area contributed by atoms with E-state index in [-0.39, 0.29) is 11.4 Å². The lowest BCUT2D eigenvalue weighted by molar-refractivity contribution is 0.281. The van der Waals surface area contributed by atoms with E-state index < -0.39 is 0 Å². The summed E-state index contributed by atoms with van der Waals surface area (Å²) in [5.41, 5.74) is 3.08. The molecule has 26 heavy (non-hydrogen) atoms. The first-order chi connectivity index (χ1) is 12.7. The van der Waals surface area contributed by atoms with Gasteiger partial charge in [0.1, 0.15) is 5.82 Å². The van der Waals surface area contributed by atoms with Crippen LogP contribution in [0.25, 0.3) is 11.3 Å². The van der Waals surface area contributed by atoms with Gasteiger partial charge in [-0.15, -0.1) is 11.3 Å². The van der Waals surface area contributed by atoms with Gasteiger partial charge in [0.05, 0.1) is 5.69 Å². The Balaban J connectivity index is 1.43. The van der Waals surface area contributed by atoms with Gasteiger partial charge in [-0.25, -0.2) is 9.37 Å². The topological polar surface area (TPSA) is 38.1 Å². The number of aromatic nitrogens is 2. The third-order valence-corrected chi connectivity index (χ3v) is 6.28. The van der Waals surface area contributed by atoms with Crippen LogP contribution in [-0.4, -0.2) is 22.6 Å². The van der Waals surface area contributed by atoms with Gasteiger partial charge in [-0.2, -0.15) is 0 Å². The number of nitrogens with zero attached hydrogens (tertiary/aromatic N) is 3. The van der Waals surface area contributed by atoms with E-state index in [0.29, 0.717) is 11.8 Å². The predicted molar refractivity (Wildman–Crippen MR) is 101 cm³/mol. The van der Waals surface area contributed by atoms with Gasteiger partial charge in [-0.1, -0.05) is 6.07 Å². The highest BCUT2D eigenvalue weighted by Crippen LogP contribution is 2.38. The molecule has 2 atom stereocenters. The lowest BCUT2D eigenvalue weighted by Crippen LogP contribution is -2.47. The second-order valence-corrected chi connectivity index (χ2v) is 7.96. The third-order valence-electron chi connectivity index (χ3n) is 5.38. The summed E-state index contributed by atoms with van der Waals surface area (Å²) in [4.78, 5) is 19.3. The van der Waals surface area contributed by atoms with Crippen molar-refractivity contribution >= 4 is 16.5 Å². The Bertz CT molecular complexity index is 1010. The molecule has 4 heterocycles. The summed E-state index contributed by atoms with van der Waals surface area (Å²) in [5.74, 6) is 0.607. The molecule has 2 aliphatic heterocycles. The number of anilines is 1. The van der Waals surface area contributed by atoms with Crippen molar-refractivity contribution in [1.29, 1.82) is 0 Å². The second kappa shape index (κ2) is 6.06. The van der Waals surface area contributed by atoms with E-state index in [1.54, 1.807) is 29.5 Å². The number of hydrogen-bond donors (Lipinski definition) is 0. The zero-order chi connectivity index (χ0) is 17.7. The highest BCUT2D eigenvalue weighted by atomic mass is 32.1. The summed E-state index contributed by atoms with van der Waals surface area (Å²) in [5, 5.41) is 3.04. The van der Waals surface area contributed by atoms with Crippen LogP contribution in [0.4, 0.5) is 9.52 Å². The van der Waals surface area contributed by atoms with Crippen molar-refractivity contribution in [2.45, 2.75) is 18.9 Å². The van der Waals surface area contributed by atoms with E-state index in [1.165, 1.54) is 12.1 Å². The van der Waals surface area contributed by atoms with E-state index in [4.69, 9.17) is 4.98 Å². The van der Waals surface area contributed by atoms with E-state index in [2.05, 4.69) is 11.0 Å². The lowest BCUT2D eigenvalue weighted by atomic mass is 9.83. The van der Waals surface area contributed by atoms with Gasteiger partial charge in [-0.3, -0.25) is 4.79 Å². The Hall–Kier alpha value is -2.47. The van der Waals surface area contributed by atoms with Crippen LogP contribution in [0.3, 0.4) is 0 Å². The first-order valence-corrected chi connectivity index (χ1v) is 9.71. The van der Waals surface area contributed by atoms with Crippen molar-refractivity contribution in [3.05, 3.63) is 69.7 Å². The van der Waals surface area contributed by atoms with Gasteiger partial charge in [-0.05, 0) is 42.7 Å². The second-order valence-electron chi connectivity index (χ2n) is 7.13. The van der Waals surface area contributed by atoms with Crippen LogP contribution >= 0.6 is 11.3 Å². The Kier molecular flexibility index (Phi) is 3.67. The average molecular weight is 367 g/mol. The zero-order valence-corrected chi connectivity index (χ0v) is 15.0. The number of piperidine rings is 1. The average Bonchev–Trinajstić information content (AvgIpc) is 3.13. The molecule has 2 aliphatic rings. The molecule has 1 aromatic carbocycles. The summed E-state index contributed by atoms with van der Waals surface area (Å²) in [7, 11) is 0. The van der Waals surface area contributed by atoms with E-state index >= 15 is 0 Å². The largest absolute Gasteiger partial charge is 0.347 e. The van der Waals surface area contributed by atoms with Gasteiger partial charge in [0.2, 0.25) is 0 Å². The van der Waals surface area contributed by atoms with E-state index in [9.17, 15) is 9.18 Å². The molecule has 3 aromatic rings. The normalized spacial score (nSPS) is 21.5. The van der Waals surface area contributed by atoms with Crippen LogP contribution in [0.1, 0.15) is 18.0 Å². The monoisotopic (exact) mass is 367 g/mol. The molecule has 2 unspecified atom stereocenters. The molecule has 2 bridgehead atoms. The number of benzene rings is 1. The van der Waals surface area contributed by atoms with Crippen molar-refractivity contribution in [1.82, 2.24) is 9.55 Å². The van der Waals surface area contributed by atoms with Crippen LogP contribution in [0.5, 0.6) is 0 Å². The van der Waals surface area contributed by atoms with Crippen molar-refractivity contribution in [3.63, 3.8) is 0 Å². The first-order valence-electron chi connectivity index (χ1n) is 8.83. The Labute approximate surface area is 154 Å². The number of pyridine rings is 1. The molecule has 132 valence electrons. The zero-order valence-electron chi connectivity index (χ0n) is 14.1. The van der Waals surface area contributed by atoms with Crippen LogP contribution in [0.2, 0.25) is 0 Å². The third kappa shape index (κ3) is 2.65. The number of thiazole rings is 1. The predicted octanol–water partition coefficient (Wildman–Crippen LogP) is 3.73. The number of rotatable bonds is 2. The molecule has 0 aliphatic carbocycles. The summed E-state index contributed by atoms with van der Waals surface area (Å²) >= 11 is 1.63. The molecule has 0 spiro atoms. The molecular formula is C20H18FN3OS. The maximum Gasteiger partial charge on any atom is 0.250 e. The molecule has 0 amide bonds. The van der Waals surface area contributed by atoms with Crippen LogP contribution in [0, 0.1) is 11.7 Å². The lowest BCUT2D eigenvalue weighted by Gasteiger charge is -2.42. The Morgan fingerprint density at radius 2 is 1.92 bits per heavy atom.